The van der Waals surface area contributed by atoms with Crippen LogP contribution in [0.3, 0.4) is 0 Å². The molecule has 0 amide bonds. The summed E-state index contributed by atoms with van der Waals surface area (Å²) in [5, 5.41) is 0. The van der Waals surface area contributed by atoms with Gasteiger partial charge in [-0.25, -0.2) is 0 Å². The lowest BCUT2D eigenvalue weighted by Crippen LogP contribution is -2.42. The Morgan fingerprint density at radius 3 is 2.71 bits per heavy atom. The summed E-state index contributed by atoms with van der Waals surface area (Å²) in [5.74, 6) is 2.33. The summed E-state index contributed by atoms with van der Waals surface area (Å²) in [5.41, 5.74) is 0.645. The van der Waals surface area contributed by atoms with Gasteiger partial charge in [0.05, 0.1) is 0 Å². The van der Waals surface area contributed by atoms with Crippen molar-refractivity contribution in [2.45, 2.75) is 57.8 Å². The summed E-state index contributed by atoms with van der Waals surface area (Å²) >= 11 is 0. The molecule has 1 heteroatoms. The number of hydrogen-bond acceptors (Lipinski definition) is 1. The van der Waals surface area contributed by atoms with E-state index >= 15 is 0 Å². The highest BCUT2D eigenvalue weighted by Gasteiger charge is 2.51. The van der Waals surface area contributed by atoms with Gasteiger partial charge in [0.2, 0.25) is 0 Å². The molecule has 0 heterocycles. The average Bonchev–Trinajstić information content (AvgIpc) is 2.59. The Hall–Kier alpha value is -0.330. The van der Waals surface area contributed by atoms with Gasteiger partial charge in [0.1, 0.15) is 5.78 Å². The smallest absolute Gasteiger partial charge is 0.133 e. The Morgan fingerprint density at radius 2 is 1.79 bits per heavy atom. The normalized spacial score (nSPS) is 47.3. The molecule has 3 aliphatic carbocycles. The molecule has 3 fully saturated rings. The molecule has 3 unspecified atom stereocenters. The van der Waals surface area contributed by atoms with Crippen molar-refractivity contribution in [2.75, 3.05) is 0 Å². The van der Waals surface area contributed by atoms with E-state index in [1.807, 2.05) is 0 Å². The summed E-state index contributed by atoms with van der Waals surface area (Å²) in [4.78, 5) is 11.5. The molecule has 0 saturated heterocycles. The molecule has 0 aliphatic heterocycles. The van der Waals surface area contributed by atoms with E-state index in [1.165, 1.54) is 44.9 Å². The lowest BCUT2D eigenvalue weighted by molar-refractivity contribution is -0.127. The first kappa shape index (κ1) is 8.94. The van der Waals surface area contributed by atoms with Gasteiger partial charge in [-0.05, 0) is 49.4 Å². The van der Waals surface area contributed by atoms with Crippen LogP contribution < -0.4 is 0 Å². The fourth-order valence-corrected chi connectivity index (χ4v) is 4.62. The maximum atomic E-state index is 11.5. The minimum Gasteiger partial charge on any atom is -0.300 e. The largest absolute Gasteiger partial charge is 0.300 e. The quantitative estimate of drug-likeness (QED) is 0.575. The zero-order valence-electron chi connectivity index (χ0n) is 8.93. The molecule has 14 heavy (non-hydrogen) atoms. The Bertz CT molecular complexity index is 258. The standard InChI is InChI=1S/C13H20O/c14-12-6-8-13-7-2-5-10(13)3-1-4-11(13)9-12/h10-11H,1-9H2. The molecule has 3 rings (SSSR count). The Kier molecular flexibility index (Phi) is 1.97. The van der Waals surface area contributed by atoms with Crippen molar-refractivity contribution in [1.29, 1.82) is 0 Å². The number of rotatable bonds is 0. The van der Waals surface area contributed by atoms with Crippen molar-refractivity contribution in [3.63, 3.8) is 0 Å². The van der Waals surface area contributed by atoms with Gasteiger partial charge in [-0.3, -0.25) is 4.79 Å². The number of carbonyl (C=O) groups is 1. The van der Waals surface area contributed by atoms with Crippen LogP contribution in [0.25, 0.3) is 0 Å². The summed E-state index contributed by atoms with van der Waals surface area (Å²) in [6.45, 7) is 0. The van der Waals surface area contributed by atoms with Crippen LogP contribution in [0.2, 0.25) is 0 Å². The number of carbonyl (C=O) groups excluding carboxylic acids is 1. The van der Waals surface area contributed by atoms with E-state index in [4.69, 9.17) is 0 Å². The number of hydrogen-bond donors (Lipinski definition) is 0. The Balaban J connectivity index is 1.90. The van der Waals surface area contributed by atoms with Crippen molar-refractivity contribution in [2.24, 2.45) is 17.3 Å². The maximum Gasteiger partial charge on any atom is 0.133 e. The van der Waals surface area contributed by atoms with Crippen molar-refractivity contribution >= 4 is 5.78 Å². The molecule has 1 nitrogen and oxygen atoms in total. The predicted molar refractivity (Wildman–Crippen MR) is 56.0 cm³/mol. The molecule has 3 saturated carbocycles. The van der Waals surface area contributed by atoms with Gasteiger partial charge in [-0.2, -0.15) is 0 Å². The van der Waals surface area contributed by atoms with E-state index in [0.717, 1.165) is 24.7 Å². The van der Waals surface area contributed by atoms with Gasteiger partial charge in [0.25, 0.3) is 0 Å². The number of ketones is 1. The summed E-state index contributed by atoms with van der Waals surface area (Å²) in [6.07, 6.45) is 11.6. The van der Waals surface area contributed by atoms with Crippen LogP contribution in [0.5, 0.6) is 0 Å². The van der Waals surface area contributed by atoms with Gasteiger partial charge in [-0.1, -0.05) is 12.8 Å². The lowest BCUT2D eigenvalue weighted by Gasteiger charge is -2.49. The SMILES string of the molecule is O=C1CCC23CCCC2CCCC3C1. The van der Waals surface area contributed by atoms with E-state index in [-0.39, 0.29) is 0 Å². The zero-order chi connectivity index (χ0) is 9.60. The lowest BCUT2D eigenvalue weighted by atomic mass is 9.55. The first-order valence-corrected chi connectivity index (χ1v) is 6.33. The van der Waals surface area contributed by atoms with Crippen LogP contribution in [0.1, 0.15) is 57.8 Å². The molecular formula is C13H20O. The van der Waals surface area contributed by atoms with Crippen LogP contribution in [0.4, 0.5) is 0 Å². The minimum absolute atomic E-state index is 0.549. The third kappa shape index (κ3) is 1.11. The van der Waals surface area contributed by atoms with E-state index < -0.39 is 0 Å². The van der Waals surface area contributed by atoms with Gasteiger partial charge in [-0.15, -0.1) is 0 Å². The molecule has 0 aromatic rings. The average molecular weight is 192 g/mol. The molecule has 3 aliphatic rings. The Labute approximate surface area is 86.3 Å². The van der Waals surface area contributed by atoms with E-state index in [1.54, 1.807) is 0 Å². The van der Waals surface area contributed by atoms with E-state index in [9.17, 15) is 4.79 Å². The molecule has 78 valence electrons. The maximum absolute atomic E-state index is 11.5. The Morgan fingerprint density at radius 1 is 1.00 bits per heavy atom. The summed E-state index contributed by atoms with van der Waals surface area (Å²) < 4.78 is 0. The first-order valence-electron chi connectivity index (χ1n) is 6.33. The molecule has 0 aromatic heterocycles. The fraction of sp³-hybridized carbons (Fsp3) is 0.923. The van der Waals surface area contributed by atoms with Crippen LogP contribution in [-0.2, 0) is 4.79 Å². The molecule has 0 radical (unpaired) electrons. The van der Waals surface area contributed by atoms with Crippen molar-refractivity contribution in [3.05, 3.63) is 0 Å². The van der Waals surface area contributed by atoms with Gasteiger partial charge < -0.3 is 0 Å². The second kappa shape index (κ2) is 3.08. The minimum atomic E-state index is 0.549. The van der Waals surface area contributed by atoms with Crippen LogP contribution in [-0.4, -0.2) is 5.78 Å². The van der Waals surface area contributed by atoms with Crippen LogP contribution in [0.15, 0.2) is 0 Å². The van der Waals surface area contributed by atoms with Crippen LogP contribution in [0, 0.1) is 17.3 Å². The molecule has 3 atom stereocenters. The topological polar surface area (TPSA) is 17.1 Å². The molecular weight excluding hydrogens is 172 g/mol. The van der Waals surface area contributed by atoms with Gasteiger partial charge in [0.15, 0.2) is 0 Å². The molecule has 0 bridgehead atoms. The van der Waals surface area contributed by atoms with E-state index in [2.05, 4.69) is 0 Å². The zero-order valence-corrected chi connectivity index (χ0v) is 8.93. The number of Topliss-reactive ketones (excluding diaryl/α,β-unsaturated/α-hetero) is 1. The molecule has 0 N–H and O–H groups in total. The summed E-state index contributed by atoms with van der Waals surface area (Å²) in [7, 11) is 0. The highest BCUT2D eigenvalue weighted by molar-refractivity contribution is 5.79. The fourth-order valence-electron chi connectivity index (χ4n) is 4.62. The molecule has 1 spiro atoms. The third-order valence-corrected chi connectivity index (χ3v) is 5.27. The predicted octanol–water partition coefficient (Wildman–Crippen LogP) is 3.33. The van der Waals surface area contributed by atoms with Gasteiger partial charge in [0, 0.05) is 12.8 Å². The van der Waals surface area contributed by atoms with Crippen LogP contribution >= 0.6 is 0 Å². The monoisotopic (exact) mass is 192 g/mol. The summed E-state index contributed by atoms with van der Waals surface area (Å²) in [6, 6.07) is 0. The van der Waals surface area contributed by atoms with E-state index in [0.29, 0.717) is 11.2 Å². The van der Waals surface area contributed by atoms with Crippen molar-refractivity contribution in [3.8, 4) is 0 Å². The highest BCUT2D eigenvalue weighted by atomic mass is 16.1. The second-order valence-corrected chi connectivity index (χ2v) is 5.69. The van der Waals surface area contributed by atoms with Crippen molar-refractivity contribution in [1.82, 2.24) is 0 Å². The second-order valence-electron chi connectivity index (χ2n) is 5.69. The molecule has 0 aromatic carbocycles. The first-order chi connectivity index (χ1) is 6.81. The van der Waals surface area contributed by atoms with Gasteiger partial charge >= 0.3 is 0 Å². The third-order valence-electron chi connectivity index (χ3n) is 5.27. The van der Waals surface area contributed by atoms with Crippen molar-refractivity contribution < 1.29 is 4.79 Å². The highest BCUT2D eigenvalue weighted by Crippen LogP contribution is 2.60.